The molecule has 1 aromatic heterocycles. The van der Waals surface area contributed by atoms with E-state index in [-0.39, 0.29) is 24.0 Å². The Morgan fingerprint density at radius 2 is 1.90 bits per heavy atom. The molecule has 2 heterocycles. The van der Waals surface area contributed by atoms with Crippen LogP contribution in [0.5, 0.6) is 0 Å². The summed E-state index contributed by atoms with van der Waals surface area (Å²) in [5.41, 5.74) is 0. The molecule has 0 saturated carbocycles. The number of nitrogens with one attached hydrogen (secondary N) is 2. The van der Waals surface area contributed by atoms with Crippen LogP contribution in [0.3, 0.4) is 0 Å². The summed E-state index contributed by atoms with van der Waals surface area (Å²) < 4.78 is 12.7. The fourth-order valence-electron chi connectivity index (χ4n) is 3.87. The first-order chi connectivity index (χ1) is 14.6. The molecule has 1 saturated heterocycles. The van der Waals surface area contributed by atoms with Crippen LogP contribution in [0.1, 0.15) is 44.8 Å². The first kappa shape index (κ1) is 28.1. The highest BCUT2D eigenvalue weighted by molar-refractivity contribution is 14.0. The first-order valence-corrected chi connectivity index (χ1v) is 11.3. The Kier molecular flexibility index (Phi) is 14.3. The van der Waals surface area contributed by atoms with E-state index >= 15 is 0 Å². The summed E-state index contributed by atoms with van der Waals surface area (Å²) >= 11 is 0. The molecular weight excluding hydrogens is 509 g/mol. The van der Waals surface area contributed by atoms with Crippen LogP contribution >= 0.6 is 24.0 Å². The molecule has 0 radical (unpaired) electrons. The van der Waals surface area contributed by atoms with Crippen LogP contribution in [0, 0.1) is 12.8 Å². The molecule has 1 aliphatic rings. The third kappa shape index (κ3) is 9.19. The van der Waals surface area contributed by atoms with Gasteiger partial charge >= 0.3 is 0 Å². The van der Waals surface area contributed by atoms with Gasteiger partial charge in [-0.3, -0.25) is 4.90 Å². The van der Waals surface area contributed by atoms with Gasteiger partial charge in [0, 0.05) is 53.0 Å². The molecule has 1 fully saturated rings. The maximum absolute atomic E-state index is 5.57. The zero-order valence-electron chi connectivity index (χ0n) is 19.9. The van der Waals surface area contributed by atoms with Crippen molar-refractivity contribution < 1.29 is 9.47 Å². The molecule has 10 heteroatoms. The van der Waals surface area contributed by atoms with Crippen molar-refractivity contribution in [2.24, 2.45) is 18.0 Å². The van der Waals surface area contributed by atoms with Gasteiger partial charge < -0.3 is 24.7 Å². The maximum Gasteiger partial charge on any atom is 0.191 e. The second-order valence-electron chi connectivity index (χ2n) is 7.83. The van der Waals surface area contributed by atoms with E-state index < -0.39 is 0 Å². The summed E-state index contributed by atoms with van der Waals surface area (Å²) in [5, 5.41) is 15.4. The largest absolute Gasteiger partial charge is 0.385 e. The molecule has 0 bridgehead atoms. The number of halogens is 1. The summed E-state index contributed by atoms with van der Waals surface area (Å²) in [6.07, 6.45) is 3.28. The van der Waals surface area contributed by atoms with Crippen LogP contribution in [0.15, 0.2) is 4.99 Å². The minimum Gasteiger partial charge on any atom is -0.385 e. The predicted octanol–water partition coefficient (Wildman–Crippen LogP) is 1.95. The Balaban J connectivity index is 0.00000480. The molecule has 1 aromatic rings. The van der Waals surface area contributed by atoms with Crippen LogP contribution in [-0.2, 0) is 23.1 Å². The standard InChI is InChI=1S/C21H41N7O2.HI/c1-6-18(7-2)19(28-10-13-30-14-11-28)15-23-21(22-9-8-12-29-5)24-16-20-26-25-17(3)27(20)4;/h18-19H,6-16H2,1-5H3,(H2,22,23,24);1H. The molecule has 1 unspecified atom stereocenters. The van der Waals surface area contributed by atoms with Crippen LogP contribution in [0.4, 0.5) is 0 Å². The van der Waals surface area contributed by atoms with E-state index in [1.807, 2.05) is 18.5 Å². The Morgan fingerprint density at radius 1 is 1.19 bits per heavy atom. The number of hydrogen-bond acceptors (Lipinski definition) is 6. The van der Waals surface area contributed by atoms with Gasteiger partial charge in [0.05, 0.1) is 13.2 Å². The Morgan fingerprint density at radius 3 is 2.48 bits per heavy atom. The van der Waals surface area contributed by atoms with Crippen molar-refractivity contribution in [3.8, 4) is 0 Å². The van der Waals surface area contributed by atoms with Crippen molar-refractivity contribution in [3.63, 3.8) is 0 Å². The van der Waals surface area contributed by atoms with Gasteiger partial charge in [-0.15, -0.1) is 34.2 Å². The second kappa shape index (κ2) is 15.8. The van der Waals surface area contributed by atoms with Crippen LogP contribution < -0.4 is 10.6 Å². The van der Waals surface area contributed by atoms with Crippen molar-refractivity contribution in [1.82, 2.24) is 30.3 Å². The lowest BCUT2D eigenvalue weighted by molar-refractivity contribution is 0.00272. The van der Waals surface area contributed by atoms with Crippen LogP contribution in [0.25, 0.3) is 0 Å². The van der Waals surface area contributed by atoms with Gasteiger partial charge in [0.25, 0.3) is 0 Å². The van der Waals surface area contributed by atoms with Gasteiger partial charge in [-0.2, -0.15) is 0 Å². The topological polar surface area (TPSA) is 88.8 Å². The number of aryl methyl sites for hydroxylation is 1. The van der Waals surface area contributed by atoms with Gasteiger partial charge in [0.1, 0.15) is 12.4 Å². The lowest BCUT2D eigenvalue weighted by Crippen LogP contribution is -2.53. The van der Waals surface area contributed by atoms with Crippen LogP contribution in [0.2, 0.25) is 0 Å². The molecule has 2 N–H and O–H groups in total. The normalized spacial score (nSPS) is 16.3. The number of aromatic nitrogens is 3. The maximum atomic E-state index is 5.57. The molecule has 1 aliphatic heterocycles. The highest BCUT2D eigenvalue weighted by Gasteiger charge is 2.27. The quantitative estimate of drug-likeness (QED) is 0.178. The third-order valence-corrected chi connectivity index (χ3v) is 5.97. The van der Waals surface area contributed by atoms with Crippen molar-refractivity contribution >= 4 is 29.9 Å². The number of ether oxygens (including phenoxy) is 2. The highest BCUT2D eigenvalue weighted by atomic mass is 127. The number of hydrogen-bond donors (Lipinski definition) is 2. The fraction of sp³-hybridized carbons (Fsp3) is 0.857. The summed E-state index contributed by atoms with van der Waals surface area (Å²) in [4.78, 5) is 7.35. The SMILES string of the molecule is CCC(CC)C(CNC(=NCc1nnc(C)n1C)NCCCOC)N1CCOCC1.I. The predicted molar refractivity (Wildman–Crippen MR) is 135 cm³/mol. The minimum atomic E-state index is 0. The van der Waals surface area contributed by atoms with Gasteiger partial charge in [0.2, 0.25) is 0 Å². The lowest BCUT2D eigenvalue weighted by Gasteiger charge is -2.39. The zero-order valence-corrected chi connectivity index (χ0v) is 22.2. The highest BCUT2D eigenvalue weighted by Crippen LogP contribution is 2.19. The summed E-state index contributed by atoms with van der Waals surface area (Å²) in [7, 11) is 3.70. The molecule has 9 nitrogen and oxygen atoms in total. The first-order valence-electron chi connectivity index (χ1n) is 11.3. The number of morpholine rings is 1. The van der Waals surface area contributed by atoms with E-state index in [9.17, 15) is 0 Å². The average Bonchev–Trinajstić information content (AvgIpc) is 3.09. The van der Waals surface area contributed by atoms with E-state index in [0.717, 1.165) is 70.0 Å². The molecule has 0 aliphatic carbocycles. The average molecular weight is 552 g/mol. The van der Waals surface area contributed by atoms with Gasteiger partial charge in [0.15, 0.2) is 11.8 Å². The molecular formula is C21H42IN7O2. The molecule has 0 amide bonds. The third-order valence-electron chi connectivity index (χ3n) is 5.97. The molecule has 2 rings (SSSR count). The molecule has 1 atom stereocenters. The van der Waals surface area contributed by atoms with Crippen molar-refractivity contribution in [3.05, 3.63) is 11.6 Å². The zero-order chi connectivity index (χ0) is 21.8. The minimum absolute atomic E-state index is 0. The van der Waals surface area contributed by atoms with Crippen molar-refractivity contribution in [1.29, 1.82) is 0 Å². The molecule has 0 spiro atoms. The van der Waals surface area contributed by atoms with E-state index in [1.54, 1.807) is 7.11 Å². The molecule has 31 heavy (non-hydrogen) atoms. The van der Waals surface area contributed by atoms with Crippen LogP contribution in [-0.4, -0.2) is 84.8 Å². The number of aliphatic imine (C=N–C) groups is 1. The fourth-order valence-corrected chi connectivity index (χ4v) is 3.87. The Labute approximate surface area is 204 Å². The van der Waals surface area contributed by atoms with Gasteiger partial charge in [-0.25, -0.2) is 4.99 Å². The van der Waals surface area contributed by atoms with Crippen molar-refractivity contribution in [2.75, 3.05) is 53.1 Å². The smallest absolute Gasteiger partial charge is 0.191 e. The summed E-state index contributed by atoms with van der Waals surface area (Å²) in [6.45, 7) is 13.0. The molecule has 180 valence electrons. The van der Waals surface area contributed by atoms with Gasteiger partial charge in [-0.05, 0) is 19.3 Å². The molecule has 0 aromatic carbocycles. The monoisotopic (exact) mass is 551 g/mol. The van der Waals surface area contributed by atoms with Crippen molar-refractivity contribution in [2.45, 2.75) is 52.6 Å². The summed E-state index contributed by atoms with van der Waals surface area (Å²) in [5.74, 6) is 3.21. The number of rotatable bonds is 12. The summed E-state index contributed by atoms with van der Waals surface area (Å²) in [6, 6.07) is 0.465. The Bertz CT molecular complexity index is 631. The number of methoxy groups -OCH3 is 1. The van der Waals surface area contributed by atoms with E-state index in [1.165, 1.54) is 12.8 Å². The van der Waals surface area contributed by atoms with Gasteiger partial charge in [-0.1, -0.05) is 26.7 Å². The van der Waals surface area contributed by atoms with E-state index in [0.29, 0.717) is 18.5 Å². The number of nitrogens with zero attached hydrogens (tertiary/aromatic N) is 5. The number of guanidine groups is 1. The lowest BCUT2D eigenvalue weighted by atomic mass is 9.92. The Hall–Kier alpha value is -0.980. The van der Waals surface area contributed by atoms with E-state index in [2.05, 4.69) is 39.6 Å². The second-order valence-corrected chi connectivity index (χ2v) is 7.83. The van der Waals surface area contributed by atoms with E-state index in [4.69, 9.17) is 14.5 Å².